The van der Waals surface area contributed by atoms with Crippen molar-refractivity contribution in [2.24, 2.45) is 4.99 Å². The third-order valence-corrected chi connectivity index (χ3v) is 3.72. The van der Waals surface area contributed by atoms with Crippen LogP contribution in [0.2, 0.25) is 0 Å². The summed E-state index contributed by atoms with van der Waals surface area (Å²) in [6.45, 7) is 6.49. The molecule has 23 heavy (non-hydrogen) atoms. The highest BCUT2D eigenvalue weighted by molar-refractivity contribution is 6.12. The predicted molar refractivity (Wildman–Crippen MR) is 92.2 cm³/mol. The van der Waals surface area contributed by atoms with Crippen LogP contribution in [0.1, 0.15) is 37.5 Å². The van der Waals surface area contributed by atoms with E-state index >= 15 is 0 Å². The summed E-state index contributed by atoms with van der Waals surface area (Å²) in [5, 5.41) is 0. The largest absolute Gasteiger partial charge is 0.402 e. The predicted octanol–water partition coefficient (Wildman–Crippen LogP) is 4.33. The van der Waals surface area contributed by atoms with Crippen molar-refractivity contribution in [3.63, 3.8) is 0 Å². The zero-order valence-electron chi connectivity index (χ0n) is 13.5. The van der Waals surface area contributed by atoms with Gasteiger partial charge in [-0.3, -0.25) is 0 Å². The minimum absolute atomic E-state index is 0.0884. The molecule has 3 rings (SSSR count). The zero-order chi connectivity index (χ0) is 16.4. The van der Waals surface area contributed by atoms with Crippen LogP contribution in [0.4, 0.5) is 0 Å². The van der Waals surface area contributed by atoms with Gasteiger partial charge in [0.05, 0.1) is 0 Å². The Morgan fingerprint density at radius 3 is 2.22 bits per heavy atom. The maximum Gasteiger partial charge on any atom is 0.363 e. The van der Waals surface area contributed by atoms with E-state index in [9.17, 15) is 4.79 Å². The zero-order valence-corrected chi connectivity index (χ0v) is 13.5. The summed E-state index contributed by atoms with van der Waals surface area (Å²) in [6, 6.07) is 17.6. The lowest BCUT2D eigenvalue weighted by molar-refractivity contribution is -0.129. The Morgan fingerprint density at radius 1 is 0.957 bits per heavy atom. The van der Waals surface area contributed by atoms with Gasteiger partial charge >= 0.3 is 5.97 Å². The van der Waals surface area contributed by atoms with Crippen molar-refractivity contribution in [1.82, 2.24) is 0 Å². The van der Waals surface area contributed by atoms with Gasteiger partial charge in [-0.1, -0.05) is 63.2 Å². The molecule has 1 heterocycles. The Kier molecular flexibility index (Phi) is 3.87. The van der Waals surface area contributed by atoms with Gasteiger partial charge in [-0.05, 0) is 34.8 Å². The van der Waals surface area contributed by atoms with Crippen LogP contribution in [0.25, 0.3) is 6.08 Å². The van der Waals surface area contributed by atoms with Crippen molar-refractivity contribution in [3.05, 3.63) is 77.0 Å². The van der Waals surface area contributed by atoms with Gasteiger partial charge in [-0.25, -0.2) is 9.79 Å². The smallest absolute Gasteiger partial charge is 0.363 e. The van der Waals surface area contributed by atoms with Gasteiger partial charge in [0.2, 0.25) is 5.90 Å². The van der Waals surface area contributed by atoms with Crippen molar-refractivity contribution >= 4 is 17.9 Å². The van der Waals surface area contributed by atoms with Gasteiger partial charge in [0.15, 0.2) is 5.70 Å². The lowest BCUT2D eigenvalue weighted by Crippen LogP contribution is -2.11. The summed E-state index contributed by atoms with van der Waals surface area (Å²) in [7, 11) is 0. The molecule has 0 radical (unpaired) electrons. The van der Waals surface area contributed by atoms with Crippen molar-refractivity contribution in [3.8, 4) is 0 Å². The van der Waals surface area contributed by atoms with E-state index in [1.54, 1.807) is 6.08 Å². The number of benzene rings is 2. The van der Waals surface area contributed by atoms with Crippen LogP contribution < -0.4 is 0 Å². The van der Waals surface area contributed by atoms with E-state index in [4.69, 9.17) is 4.74 Å². The highest BCUT2D eigenvalue weighted by atomic mass is 16.6. The molecule has 0 amide bonds. The summed E-state index contributed by atoms with van der Waals surface area (Å²) in [6.07, 6.45) is 1.73. The molecule has 0 spiro atoms. The lowest BCUT2D eigenvalue weighted by atomic mass is 9.87. The van der Waals surface area contributed by atoms with Crippen LogP contribution in [0, 0.1) is 0 Å². The molecule has 1 aliphatic rings. The Morgan fingerprint density at radius 2 is 1.61 bits per heavy atom. The first-order valence-electron chi connectivity index (χ1n) is 7.62. The van der Waals surface area contributed by atoms with Crippen molar-refractivity contribution in [2.75, 3.05) is 0 Å². The number of carbonyl (C=O) groups excluding carboxylic acids is 1. The van der Waals surface area contributed by atoms with Crippen LogP contribution in [0.5, 0.6) is 0 Å². The van der Waals surface area contributed by atoms with Crippen LogP contribution in [0.3, 0.4) is 0 Å². The minimum Gasteiger partial charge on any atom is -0.402 e. The number of rotatable bonds is 2. The highest BCUT2D eigenvalue weighted by Gasteiger charge is 2.24. The number of carbonyl (C=O) groups is 1. The Balaban J connectivity index is 1.88. The average Bonchev–Trinajstić information content (AvgIpc) is 2.89. The average molecular weight is 305 g/mol. The highest BCUT2D eigenvalue weighted by Crippen LogP contribution is 2.24. The number of cyclic esters (lactones) is 1. The summed E-state index contributed by atoms with van der Waals surface area (Å²) in [5.41, 5.74) is 3.37. The van der Waals surface area contributed by atoms with Gasteiger partial charge in [-0.15, -0.1) is 0 Å². The molecule has 0 saturated carbocycles. The van der Waals surface area contributed by atoms with Crippen molar-refractivity contribution < 1.29 is 9.53 Å². The molecule has 0 unspecified atom stereocenters. The third-order valence-electron chi connectivity index (χ3n) is 3.72. The number of aliphatic imine (C=N–C) groups is 1. The number of hydrogen-bond donors (Lipinski definition) is 0. The normalized spacial score (nSPS) is 16.4. The van der Waals surface area contributed by atoms with E-state index in [0.717, 1.165) is 11.1 Å². The first kappa shape index (κ1) is 15.2. The SMILES string of the molecule is CC(C)(C)c1ccc(C2=N/C(=C\c3ccccc3)C(=O)O2)cc1. The van der Waals surface area contributed by atoms with E-state index in [-0.39, 0.29) is 5.41 Å². The van der Waals surface area contributed by atoms with Crippen LogP contribution in [0.15, 0.2) is 65.3 Å². The fourth-order valence-corrected chi connectivity index (χ4v) is 2.35. The van der Waals surface area contributed by atoms with Crippen LogP contribution in [-0.2, 0) is 14.9 Å². The van der Waals surface area contributed by atoms with E-state index in [1.807, 2.05) is 54.6 Å². The summed E-state index contributed by atoms with van der Waals surface area (Å²) < 4.78 is 5.30. The minimum atomic E-state index is -0.413. The molecule has 0 aromatic heterocycles. The maximum atomic E-state index is 12.0. The lowest BCUT2D eigenvalue weighted by Gasteiger charge is -2.18. The second kappa shape index (κ2) is 5.84. The maximum absolute atomic E-state index is 12.0. The molecule has 3 nitrogen and oxygen atoms in total. The summed E-state index contributed by atoms with van der Waals surface area (Å²) in [5.74, 6) is -0.0543. The number of ether oxygens (including phenoxy) is 1. The molecular weight excluding hydrogens is 286 g/mol. The number of nitrogens with zero attached hydrogens (tertiary/aromatic N) is 1. The molecule has 0 fully saturated rings. The van der Waals surface area contributed by atoms with E-state index in [1.165, 1.54) is 5.56 Å². The molecule has 2 aromatic carbocycles. The standard InChI is InChI=1S/C20H19NO2/c1-20(2,3)16-11-9-15(10-12-16)18-21-17(19(22)23-18)13-14-7-5-4-6-8-14/h4-13H,1-3H3/b17-13-. The molecule has 0 atom stereocenters. The molecule has 0 aliphatic carbocycles. The van der Waals surface area contributed by atoms with Crippen molar-refractivity contribution in [2.45, 2.75) is 26.2 Å². The monoisotopic (exact) mass is 305 g/mol. The fourth-order valence-electron chi connectivity index (χ4n) is 2.35. The van der Waals surface area contributed by atoms with Crippen LogP contribution in [-0.4, -0.2) is 11.9 Å². The second-order valence-corrected chi connectivity index (χ2v) is 6.57. The molecule has 116 valence electrons. The molecule has 3 heteroatoms. The quantitative estimate of drug-likeness (QED) is 0.612. The Labute approximate surface area is 136 Å². The Hall–Kier alpha value is -2.68. The topological polar surface area (TPSA) is 38.7 Å². The molecule has 2 aromatic rings. The molecule has 0 bridgehead atoms. The third kappa shape index (κ3) is 3.39. The van der Waals surface area contributed by atoms with Gasteiger partial charge in [0.25, 0.3) is 0 Å². The van der Waals surface area contributed by atoms with Gasteiger partial charge in [0, 0.05) is 5.56 Å². The number of esters is 1. The molecule has 0 saturated heterocycles. The molecular formula is C20H19NO2. The summed E-state index contributed by atoms with van der Waals surface area (Å²) in [4.78, 5) is 16.3. The number of hydrogen-bond acceptors (Lipinski definition) is 3. The molecule has 1 aliphatic heterocycles. The fraction of sp³-hybridized carbons (Fsp3) is 0.200. The molecule has 0 N–H and O–H groups in total. The van der Waals surface area contributed by atoms with E-state index < -0.39 is 5.97 Å². The van der Waals surface area contributed by atoms with Crippen LogP contribution >= 0.6 is 0 Å². The second-order valence-electron chi connectivity index (χ2n) is 6.57. The van der Waals surface area contributed by atoms with E-state index in [0.29, 0.717) is 11.6 Å². The van der Waals surface area contributed by atoms with Gasteiger partial charge in [-0.2, -0.15) is 0 Å². The first-order valence-corrected chi connectivity index (χ1v) is 7.62. The first-order chi connectivity index (χ1) is 10.9. The summed E-state index contributed by atoms with van der Waals surface area (Å²) >= 11 is 0. The van der Waals surface area contributed by atoms with Crippen molar-refractivity contribution in [1.29, 1.82) is 0 Å². The van der Waals surface area contributed by atoms with E-state index in [2.05, 4.69) is 25.8 Å². The Bertz CT molecular complexity index is 779. The van der Waals surface area contributed by atoms with Gasteiger partial charge < -0.3 is 4.74 Å². The van der Waals surface area contributed by atoms with Gasteiger partial charge in [0.1, 0.15) is 0 Å².